The molecule has 0 heterocycles. The lowest BCUT2D eigenvalue weighted by Gasteiger charge is -2.18. The molecule has 0 fully saturated rings. The third kappa shape index (κ3) is 34.1. The Hall–Kier alpha value is -2.46. The van der Waals surface area contributed by atoms with Gasteiger partial charge in [-0.1, -0.05) is 148 Å². The Morgan fingerprint density at radius 1 is 0.463 bits per heavy atom. The van der Waals surface area contributed by atoms with Crippen LogP contribution in [0, 0.1) is 0 Å². The second kappa shape index (κ2) is 40.2. The quantitative estimate of drug-likeness (QED) is 0.0277. The topological polar surface area (TPSA) is 111 Å². The average Bonchev–Trinajstić information content (AvgIpc) is 3.17. The molecule has 0 bridgehead atoms. The van der Waals surface area contributed by atoms with E-state index in [1.807, 2.05) is 0 Å². The Morgan fingerprint density at radius 3 is 1.11 bits per heavy atom. The van der Waals surface area contributed by atoms with Gasteiger partial charge in [0.1, 0.15) is 12.1 Å². The van der Waals surface area contributed by atoms with Crippen LogP contribution < -0.4 is 10.6 Å². The predicted molar refractivity (Wildman–Crippen MR) is 232 cm³/mol. The molecule has 2 N–H and O–H groups in total. The first kappa shape index (κ1) is 51.5. The summed E-state index contributed by atoms with van der Waals surface area (Å²) in [7, 11) is 5.29. The van der Waals surface area contributed by atoms with E-state index in [0.29, 0.717) is 12.8 Å². The minimum absolute atomic E-state index is 0.172. The lowest BCUT2D eigenvalue weighted by molar-refractivity contribution is -0.144. The molecule has 8 nitrogen and oxygen atoms in total. The highest BCUT2D eigenvalue weighted by molar-refractivity contribution is 8.76. The van der Waals surface area contributed by atoms with Crippen molar-refractivity contribution in [3.05, 3.63) is 48.6 Å². The zero-order valence-electron chi connectivity index (χ0n) is 34.4. The highest BCUT2D eigenvalue weighted by Crippen LogP contribution is 2.24. The SMILES string of the molecule is CCCCC/C=C\C/C=C\CCCCCCCC(=O)NC(CSSC[C@H](NC(=O)CCCCCCC/C=C\C/C=C\CCCCC)C(=O)OC)C(=O)OC. The summed E-state index contributed by atoms with van der Waals surface area (Å²) >= 11 is 0. The monoisotopic (exact) mass is 793 g/mol. The number of esters is 2. The molecule has 310 valence electrons. The van der Waals surface area contributed by atoms with Crippen LogP contribution >= 0.6 is 21.6 Å². The van der Waals surface area contributed by atoms with Gasteiger partial charge in [-0.3, -0.25) is 9.59 Å². The average molecular weight is 793 g/mol. The Morgan fingerprint density at radius 2 is 0.778 bits per heavy atom. The summed E-state index contributed by atoms with van der Waals surface area (Å²) in [5, 5.41) is 5.61. The standard InChI is InChI=1S/C44H76N2O6S2/c1-5-7-9-11-13-15-17-19-21-23-25-27-29-31-33-35-41(47)45-39(43(49)51-3)37-53-54-38-40(44(50)52-4)46-42(48)36-34-32-30-28-26-24-22-20-18-16-14-12-10-8-6-2/h13-16,19-22,39-40H,5-12,17-18,23-38H2,1-4H3,(H,45,47)(H,46,48)/b15-13-,16-14-,21-19-,22-20-/t39-,40?/m0/s1. The Labute approximate surface area is 337 Å². The van der Waals surface area contributed by atoms with Gasteiger partial charge < -0.3 is 20.1 Å². The summed E-state index contributed by atoms with van der Waals surface area (Å²) in [4.78, 5) is 49.9. The van der Waals surface area contributed by atoms with E-state index in [-0.39, 0.29) is 23.3 Å². The highest BCUT2D eigenvalue weighted by atomic mass is 33.1. The molecule has 0 aromatic rings. The molecule has 0 radical (unpaired) electrons. The van der Waals surface area contributed by atoms with Crippen LogP contribution in [0.15, 0.2) is 48.6 Å². The predicted octanol–water partition coefficient (Wildman–Crippen LogP) is 11.3. The van der Waals surface area contributed by atoms with Crippen LogP contribution in [0.5, 0.6) is 0 Å². The van der Waals surface area contributed by atoms with Crippen molar-refractivity contribution in [1.82, 2.24) is 10.6 Å². The molecular weight excluding hydrogens is 717 g/mol. The summed E-state index contributed by atoms with van der Waals surface area (Å²) in [5.74, 6) is -0.805. The van der Waals surface area contributed by atoms with Gasteiger partial charge in [-0.25, -0.2) is 9.59 Å². The number of ether oxygens (including phenoxy) is 2. The van der Waals surface area contributed by atoms with E-state index in [1.54, 1.807) is 0 Å². The van der Waals surface area contributed by atoms with E-state index in [9.17, 15) is 19.2 Å². The first-order valence-electron chi connectivity index (χ1n) is 21.0. The minimum Gasteiger partial charge on any atom is -0.467 e. The van der Waals surface area contributed by atoms with E-state index in [4.69, 9.17) is 9.47 Å². The first-order valence-corrected chi connectivity index (χ1v) is 23.5. The third-order valence-corrected chi connectivity index (χ3v) is 11.3. The molecule has 2 atom stereocenters. The lowest BCUT2D eigenvalue weighted by Crippen LogP contribution is -2.44. The highest BCUT2D eigenvalue weighted by Gasteiger charge is 2.24. The number of amides is 2. The molecule has 0 aliphatic heterocycles. The number of hydrogen-bond donors (Lipinski definition) is 2. The normalized spacial score (nSPS) is 12.9. The molecule has 0 saturated heterocycles. The van der Waals surface area contributed by atoms with Crippen molar-refractivity contribution in [1.29, 1.82) is 0 Å². The summed E-state index contributed by atoms with van der Waals surface area (Å²) < 4.78 is 9.83. The van der Waals surface area contributed by atoms with Gasteiger partial charge in [0.15, 0.2) is 0 Å². The van der Waals surface area contributed by atoms with E-state index in [2.05, 4.69) is 73.1 Å². The maximum atomic E-state index is 12.6. The zero-order chi connectivity index (χ0) is 39.7. The summed E-state index contributed by atoms with van der Waals surface area (Å²) in [6.07, 6.45) is 43.3. The van der Waals surface area contributed by atoms with Crippen LogP contribution in [0.25, 0.3) is 0 Å². The number of methoxy groups -OCH3 is 2. The van der Waals surface area contributed by atoms with Crippen molar-refractivity contribution in [2.45, 2.75) is 180 Å². The Kier molecular flexibility index (Phi) is 38.4. The fraction of sp³-hybridized carbons (Fsp3) is 0.727. The van der Waals surface area contributed by atoms with Gasteiger partial charge in [-0.15, -0.1) is 0 Å². The van der Waals surface area contributed by atoms with Crippen LogP contribution in [-0.4, -0.2) is 61.6 Å². The zero-order valence-corrected chi connectivity index (χ0v) is 36.1. The smallest absolute Gasteiger partial charge is 0.329 e. The van der Waals surface area contributed by atoms with Crippen LogP contribution in [0.3, 0.4) is 0 Å². The molecular formula is C44H76N2O6S2. The molecule has 54 heavy (non-hydrogen) atoms. The molecule has 0 rings (SSSR count). The van der Waals surface area contributed by atoms with Crippen molar-refractivity contribution in [2.75, 3.05) is 25.7 Å². The van der Waals surface area contributed by atoms with Gasteiger partial charge in [0, 0.05) is 24.3 Å². The molecule has 0 aromatic carbocycles. The van der Waals surface area contributed by atoms with Gasteiger partial charge in [-0.05, 0) is 77.0 Å². The van der Waals surface area contributed by atoms with Crippen LogP contribution in [0.1, 0.15) is 168 Å². The van der Waals surface area contributed by atoms with Gasteiger partial charge >= 0.3 is 11.9 Å². The van der Waals surface area contributed by atoms with E-state index >= 15 is 0 Å². The second-order valence-electron chi connectivity index (χ2n) is 13.8. The van der Waals surface area contributed by atoms with E-state index < -0.39 is 24.0 Å². The maximum absolute atomic E-state index is 12.6. The van der Waals surface area contributed by atoms with Crippen molar-refractivity contribution < 1.29 is 28.7 Å². The van der Waals surface area contributed by atoms with Gasteiger partial charge in [0.05, 0.1) is 14.2 Å². The molecule has 0 spiro atoms. The van der Waals surface area contributed by atoms with Crippen molar-refractivity contribution >= 4 is 45.3 Å². The first-order chi connectivity index (χ1) is 26.4. The number of unbranched alkanes of at least 4 members (excludes halogenated alkanes) is 16. The van der Waals surface area contributed by atoms with Gasteiger partial charge in [0.2, 0.25) is 11.8 Å². The number of carbonyl (C=O) groups excluding carboxylic acids is 4. The number of rotatable bonds is 37. The maximum Gasteiger partial charge on any atom is 0.329 e. The van der Waals surface area contributed by atoms with Crippen molar-refractivity contribution in [3.8, 4) is 0 Å². The fourth-order valence-electron chi connectivity index (χ4n) is 5.58. The summed E-state index contributed by atoms with van der Waals surface area (Å²) in [6, 6.07) is -1.58. The largest absolute Gasteiger partial charge is 0.467 e. The summed E-state index contributed by atoms with van der Waals surface area (Å²) in [5.41, 5.74) is 0. The lowest BCUT2D eigenvalue weighted by atomic mass is 10.1. The minimum atomic E-state index is -0.789. The fourth-order valence-corrected chi connectivity index (χ4v) is 7.88. The summed E-state index contributed by atoms with van der Waals surface area (Å²) in [6.45, 7) is 4.45. The second-order valence-corrected chi connectivity index (χ2v) is 16.4. The number of hydrogen-bond acceptors (Lipinski definition) is 8. The van der Waals surface area contributed by atoms with E-state index in [1.165, 1.54) is 87.2 Å². The molecule has 0 aliphatic carbocycles. The number of nitrogens with one attached hydrogen (secondary N) is 2. The molecule has 1 unspecified atom stereocenters. The third-order valence-electron chi connectivity index (χ3n) is 8.90. The Balaban J connectivity index is 4.19. The van der Waals surface area contributed by atoms with Crippen LogP contribution in [0.2, 0.25) is 0 Å². The van der Waals surface area contributed by atoms with Crippen molar-refractivity contribution in [2.24, 2.45) is 0 Å². The molecule has 0 aliphatic rings. The number of carbonyl (C=O) groups is 4. The van der Waals surface area contributed by atoms with Gasteiger partial charge in [-0.2, -0.15) is 0 Å². The number of allylic oxidation sites excluding steroid dienone is 8. The Bertz CT molecular complexity index is 980. The van der Waals surface area contributed by atoms with Crippen molar-refractivity contribution in [3.63, 3.8) is 0 Å². The van der Waals surface area contributed by atoms with Crippen LogP contribution in [-0.2, 0) is 28.7 Å². The molecule has 10 heteroatoms. The van der Waals surface area contributed by atoms with Crippen LogP contribution in [0.4, 0.5) is 0 Å². The molecule has 2 amide bonds. The van der Waals surface area contributed by atoms with E-state index in [0.717, 1.165) is 89.9 Å². The molecule has 0 aromatic heterocycles. The van der Waals surface area contributed by atoms with Gasteiger partial charge in [0.25, 0.3) is 0 Å². The molecule has 0 saturated carbocycles.